The lowest BCUT2D eigenvalue weighted by molar-refractivity contribution is -0.385. The summed E-state index contributed by atoms with van der Waals surface area (Å²) in [7, 11) is 0. The molecule has 1 amide bonds. The van der Waals surface area contributed by atoms with Crippen molar-refractivity contribution in [3.8, 4) is 0 Å². The Morgan fingerprint density at radius 3 is 2.61 bits per heavy atom. The average molecular weight is 332 g/mol. The highest BCUT2D eigenvalue weighted by Crippen LogP contribution is 2.20. The Kier molecular flexibility index (Phi) is 5.43. The number of carbonyl (C=O) groups is 1. The molecule has 0 radical (unpaired) electrons. The number of rotatable bonds is 5. The number of hydrogen-bond donors (Lipinski definition) is 1. The van der Waals surface area contributed by atoms with E-state index in [4.69, 9.17) is 11.6 Å². The highest BCUT2D eigenvalue weighted by atomic mass is 35.5. The van der Waals surface area contributed by atoms with Crippen LogP contribution in [0.15, 0.2) is 47.6 Å². The maximum absolute atomic E-state index is 11.8. The third-order valence-electron chi connectivity index (χ3n) is 3.17. The Morgan fingerprint density at radius 2 is 2.00 bits per heavy atom. The maximum atomic E-state index is 11.8. The molecule has 0 aromatic heterocycles. The second-order valence-corrected chi connectivity index (χ2v) is 5.14. The summed E-state index contributed by atoms with van der Waals surface area (Å²) < 4.78 is 0. The van der Waals surface area contributed by atoms with Crippen LogP contribution in [0.5, 0.6) is 0 Å². The van der Waals surface area contributed by atoms with Gasteiger partial charge in [0, 0.05) is 27.8 Å². The summed E-state index contributed by atoms with van der Waals surface area (Å²) in [5.74, 6) is -0.391. The number of aryl methyl sites for hydroxylation is 1. The van der Waals surface area contributed by atoms with Crippen molar-refractivity contribution in [2.24, 2.45) is 5.10 Å². The van der Waals surface area contributed by atoms with Gasteiger partial charge in [-0.15, -0.1) is 0 Å². The first-order valence-electron chi connectivity index (χ1n) is 6.87. The van der Waals surface area contributed by atoms with Gasteiger partial charge in [0.2, 0.25) is 0 Å². The summed E-state index contributed by atoms with van der Waals surface area (Å²) in [6.45, 7) is 1.85. The number of nitrogens with one attached hydrogen (secondary N) is 1. The summed E-state index contributed by atoms with van der Waals surface area (Å²) in [5.41, 5.74) is 4.00. The Labute approximate surface area is 137 Å². The molecule has 0 spiro atoms. The fourth-order valence-electron chi connectivity index (χ4n) is 1.96. The molecule has 0 heterocycles. The second-order valence-electron chi connectivity index (χ2n) is 4.70. The summed E-state index contributed by atoms with van der Waals surface area (Å²) in [6.07, 6.45) is 1.93. The van der Waals surface area contributed by atoms with Gasteiger partial charge in [0.1, 0.15) is 0 Å². The third kappa shape index (κ3) is 4.37. The molecule has 0 unspecified atom stereocenters. The molecule has 0 bridgehead atoms. The number of hydrazone groups is 1. The van der Waals surface area contributed by atoms with Crippen LogP contribution in [0, 0.1) is 10.1 Å². The lowest BCUT2D eigenvalue weighted by atomic mass is 10.1. The highest BCUT2D eigenvalue weighted by Gasteiger charge is 2.12. The molecular formula is C16H14ClN3O3. The summed E-state index contributed by atoms with van der Waals surface area (Å²) in [6, 6.07) is 11.2. The zero-order valence-corrected chi connectivity index (χ0v) is 13.1. The Balaban J connectivity index is 2.08. The van der Waals surface area contributed by atoms with Crippen LogP contribution in [0.4, 0.5) is 5.69 Å². The smallest absolute Gasteiger partial charge is 0.267 e. The molecule has 0 aliphatic rings. The third-order valence-corrected chi connectivity index (χ3v) is 3.43. The van der Waals surface area contributed by atoms with Crippen molar-refractivity contribution in [3.05, 3.63) is 74.3 Å². The zero-order valence-electron chi connectivity index (χ0n) is 12.3. The first-order valence-corrected chi connectivity index (χ1v) is 7.25. The number of nitrogens with zero attached hydrogens (tertiary/aromatic N) is 2. The summed E-state index contributed by atoms with van der Waals surface area (Å²) in [4.78, 5) is 22.4. The van der Waals surface area contributed by atoms with E-state index in [1.807, 2.05) is 6.92 Å². The van der Waals surface area contributed by atoms with Gasteiger partial charge in [-0.2, -0.15) is 5.10 Å². The largest absolute Gasteiger partial charge is 0.273 e. The van der Waals surface area contributed by atoms with E-state index in [0.717, 1.165) is 0 Å². The zero-order chi connectivity index (χ0) is 16.8. The molecule has 0 aliphatic carbocycles. The number of nitro groups is 1. The van der Waals surface area contributed by atoms with Crippen molar-refractivity contribution in [2.75, 3.05) is 0 Å². The molecule has 2 rings (SSSR count). The molecule has 118 valence electrons. The summed E-state index contributed by atoms with van der Waals surface area (Å²) >= 11 is 5.75. The normalized spacial score (nSPS) is 10.7. The fraction of sp³-hybridized carbons (Fsp3) is 0.125. The minimum absolute atomic E-state index is 0.0421. The van der Waals surface area contributed by atoms with Crippen molar-refractivity contribution in [1.29, 1.82) is 0 Å². The van der Waals surface area contributed by atoms with E-state index >= 15 is 0 Å². The Hall–Kier alpha value is -2.73. The molecule has 0 saturated heterocycles. The number of halogens is 1. The average Bonchev–Trinajstić information content (AvgIpc) is 2.55. The van der Waals surface area contributed by atoms with Crippen LogP contribution >= 0.6 is 11.6 Å². The van der Waals surface area contributed by atoms with Gasteiger partial charge in [-0.1, -0.05) is 30.7 Å². The van der Waals surface area contributed by atoms with Crippen LogP contribution in [0.1, 0.15) is 28.4 Å². The van der Waals surface area contributed by atoms with Crippen molar-refractivity contribution < 1.29 is 9.72 Å². The van der Waals surface area contributed by atoms with Crippen molar-refractivity contribution >= 4 is 29.4 Å². The number of nitro benzene ring substituents is 1. The standard InChI is InChI=1S/C16H14ClN3O3/c1-2-12-4-3-11(9-15(12)20(22)23)10-18-19-16(21)13-5-7-14(17)8-6-13/h3-10H,2H2,1H3,(H,19,21)/b18-10-. The minimum atomic E-state index is -0.428. The molecule has 6 nitrogen and oxygen atoms in total. The minimum Gasteiger partial charge on any atom is -0.267 e. The van der Waals surface area contributed by atoms with Gasteiger partial charge in [0.15, 0.2) is 0 Å². The topological polar surface area (TPSA) is 84.6 Å². The lowest BCUT2D eigenvalue weighted by Gasteiger charge is -2.02. The Bertz CT molecular complexity index is 758. The molecule has 0 atom stereocenters. The number of hydrogen-bond acceptors (Lipinski definition) is 4. The van der Waals surface area contributed by atoms with E-state index in [9.17, 15) is 14.9 Å². The van der Waals surface area contributed by atoms with E-state index in [-0.39, 0.29) is 5.69 Å². The molecule has 7 heteroatoms. The molecular weight excluding hydrogens is 318 g/mol. The van der Waals surface area contributed by atoms with Crippen molar-refractivity contribution in [2.45, 2.75) is 13.3 Å². The van der Waals surface area contributed by atoms with Gasteiger partial charge in [-0.05, 0) is 30.7 Å². The molecule has 0 saturated carbocycles. The predicted molar refractivity (Wildman–Crippen MR) is 89.0 cm³/mol. The molecule has 1 N–H and O–H groups in total. The SMILES string of the molecule is CCc1ccc(/C=N\NC(=O)c2ccc(Cl)cc2)cc1[N+](=O)[O-]. The first kappa shape index (κ1) is 16.6. The van der Waals surface area contributed by atoms with Gasteiger partial charge in [-0.3, -0.25) is 14.9 Å². The van der Waals surface area contributed by atoms with Crippen LogP contribution in [-0.4, -0.2) is 17.0 Å². The van der Waals surface area contributed by atoms with Crippen LogP contribution < -0.4 is 5.43 Å². The van der Waals surface area contributed by atoms with Crippen LogP contribution in [0.2, 0.25) is 5.02 Å². The molecule has 23 heavy (non-hydrogen) atoms. The van der Waals surface area contributed by atoms with Crippen molar-refractivity contribution in [3.63, 3.8) is 0 Å². The van der Waals surface area contributed by atoms with Crippen LogP contribution in [0.25, 0.3) is 0 Å². The molecule has 0 fully saturated rings. The van der Waals surface area contributed by atoms with Gasteiger partial charge < -0.3 is 0 Å². The fourth-order valence-corrected chi connectivity index (χ4v) is 2.09. The van der Waals surface area contributed by atoms with Crippen LogP contribution in [-0.2, 0) is 6.42 Å². The second kappa shape index (κ2) is 7.51. The maximum Gasteiger partial charge on any atom is 0.273 e. The van der Waals surface area contributed by atoms with Gasteiger partial charge >= 0.3 is 0 Å². The first-order chi connectivity index (χ1) is 11.0. The molecule has 0 aliphatic heterocycles. The monoisotopic (exact) mass is 331 g/mol. The van der Waals surface area contributed by atoms with Crippen LogP contribution in [0.3, 0.4) is 0 Å². The van der Waals surface area contributed by atoms with Gasteiger partial charge in [0.05, 0.1) is 11.1 Å². The highest BCUT2D eigenvalue weighted by molar-refractivity contribution is 6.30. The van der Waals surface area contributed by atoms with E-state index in [1.54, 1.807) is 36.4 Å². The lowest BCUT2D eigenvalue weighted by Crippen LogP contribution is -2.17. The molecule has 2 aromatic rings. The van der Waals surface area contributed by atoms with Gasteiger partial charge in [0.25, 0.3) is 11.6 Å². The summed E-state index contributed by atoms with van der Waals surface area (Å²) in [5, 5.41) is 15.4. The predicted octanol–water partition coefficient (Wildman–Crippen LogP) is 3.57. The quantitative estimate of drug-likeness (QED) is 0.516. The van der Waals surface area contributed by atoms with Gasteiger partial charge in [-0.25, -0.2) is 5.43 Å². The number of carbonyl (C=O) groups excluding carboxylic acids is 1. The Morgan fingerprint density at radius 1 is 1.30 bits per heavy atom. The van der Waals surface area contributed by atoms with E-state index in [0.29, 0.717) is 28.1 Å². The molecule has 2 aromatic carbocycles. The van der Waals surface area contributed by atoms with E-state index in [2.05, 4.69) is 10.5 Å². The van der Waals surface area contributed by atoms with E-state index < -0.39 is 10.8 Å². The number of amides is 1. The van der Waals surface area contributed by atoms with E-state index in [1.165, 1.54) is 12.3 Å². The van der Waals surface area contributed by atoms with Crippen molar-refractivity contribution in [1.82, 2.24) is 5.43 Å². The number of benzene rings is 2.